The molecule has 1 fully saturated rings. The first-order valence-electron chi connectivity index (χ1n) is 9.01. The number of carbonyl (C=O) groups excluding carboxylic acids is 3. The van der Waals surface area contributed by atoms with Gasteiger partial charge in [0.1, 0.15) is 0 Å². The van der Waals surface area contributed by atoms with Crippen LogP contribution in [-0.2, 0) is 20.8 Å². The van der Waals surface area contributed by atoms with Gasteiger partial charge < -0.3 is 5.32 Å². The zero-order chi connectivity index (χ0) is 19.2. The van der Waals surface area contributed by atoms with E-state index in [4.69, 9.17) is 0 Å². The highest BCUT2D eigenvalue weighted by atomic mass is 32.2. The Kier molecular flexibility index (Phi) is 6.29. The van der Waals surface area contributed by atoms with E-state index in [1.807, 2.05) is 37.3 Å². The van der Waals surface area contributed by atoms with Crippen LogP contribution in [0.1, 0.15) is 25.3 Å². The van der Waals surface area contributed by atoms with Crippen LogP contribution in [0.3, 0.4) is 0 Å². The lowest BCUT2D eigenvalue weighted by Crippen LogP contribution is -2.31. The molecule has 0 saturated carbocycles. The highest BCUT2D eigenvalue weighted by molar-refractivity contribution is 8.00. The lowest BCUT2D eigenvalue weighted by atomic mass is 10.1. The lowest BCUT2D eigenvalue weighted by molar-refractivity contribution is -0.121. The molecule has 3 amide bonds. The predicted octanol–water partition coefficient (Wildman–Crippen LogP) is 3.64. The van der Waals surface area contributed by atoms with Gasteiger partial charge in [-0.25, -0.2) is 4.90 Å². The number of rotatable bonds is 7. The molecule has 1 saturated heterocycles. The minimum atomic E-state index is -0.423. The summed E-state index contributed by atoms with van der Waals surface area (Å²) in [5.41, 5.74) is 2.52. The van der Waals surface area contributed by atoms with Crippen molar-refractivity contribution in [2.45, 2.75) is 31.4 Å². The third-order valence-electron chi connectivity index (χ3n) is 4.44. The van der Waals surface area contributed by atoms with Gasteiger partial charge in [0, 0.05) is 24.3 Å². The third-order valence-corrected chi connectivity index (χ3v) is 5.65. The number of amides is 3. The highest BCUT2D eigenvalue weighted by Gasteiger charge is 2.39. The van der Waals surface area contributed by atoms with Crippen LogP contribution in [0.15, 0.2) is 54.6 Å². The van der Waals surface area contributed by atoms with E-state index in [1.165, 1.54) is 16.7 Å². The quantitative estimate of drug-likeness (QED) is 0.743. The third kappa shape index (κ3) is 4.57. The van der Waals surface area contributed by atoms with Crippen LogP contribution < -0.4 is 10.2 Å². The Morgan fingerprint density at radius 3 is 2.56 bits per heavy atom. The summed E-state index contributed by atoms with van der Waals surface area (Å²) < 4.78 is 0. The fourth-order valence-electron chi connectivity index (χ4n) is 3.04. The van der Waals surface area contributed by atoms with Crippen molar-refractivity contribution >= 4 is 40.9 Å². The number of benzene rings is 2. The molecule has 3 rings (SSSR count). The molecule has 2 aromatic carbocycles. The number of carbonyl (C=O) groups is 3. The van der Waals surface area contributed by atoms with Gasteiger partial charge in [0.05, 0.1) is 10.9 Å². The average molecular weight is 382 g/mol. The van der Waals surface area contributed by atoms with Gasteiger partial charge in [0.2, 0.25) is 17.7 Å². The number of hydrogen-bond donors (Lipinski definition) is 1. The first-order valence-corrected chi connectivity index (χ1v) is 10.1. The lowest BCUT2D eigenvalue weighted by Gasteiger charge is -2.14. The summed E-state index contributed by atoms with van der Waals surface area (Å²) in [6.07, 6.45) is 1.32. The maximum Gasteiger partial charge on any atom is 0.247 e. The first kappa shape index (κ1) is 19.2. The van der Waals surface area contributed by atoms with E-state index in [1.54, 1.807) is 24.3 Å². The Labute approximate surface area is 163 Å². The van der Waals surface area contributed by atoms with Gasteiger partial charge in [-0.1, -0.05) is 43.3 Å². The van der Waals surface area contributed by atoms with E-state index < -0.39 is 5.25 Å². The largest absolute Gasteiger partial charge is 0.326 e. The molecule has 0 aromatic heterocycles. The summed E-state index contributed by atoms with van der Waals surface area (Å²) in [5, 5.41) is 2.50. The van der Waals surface area contributed by atoms with Gasteiger partial charge in [0.15, 0.2) is 0 Å². The van der Waals surface area contributed by atoms with Crippen LogP contribution in [0.25, 0.3) is 0 Å². The SMILES string of the molecule is CCc1ccccc1NC(=O)CCS[C@H]1CC(=O)N(c2ccccc2)C1=O. The molecular formula is C21H22N2O3S. The van der Waals surface area contributed by atoms with E-state index in [0.717, 1.165) is 17.7 Å². The predicted molar refractivity (Wildman–Crippen MR) is 109 cm³/mol. The highest BCUT2D eigenvalue weighted by Crippen LogP contribution is 2.29. The van der Waals surface area contributed by atoms with Crippen LogP contribution >= 0.6 is 11.8 Å². The van der Waals surface area contributed by atoms with Crippen molar-refractivity contribution in [3.8, 4) is 0 Å². The zero-order valence-corrected chi connectivity index (χ0v) is 16.0. The normalized spacial score (nSPS) is 16.6. The molecule has 27 heavy (non-hydrogen) atoms. The molecule has 1 N–H and O–H groups in total. The van der Waals surface area contributed by atoms with Gasteiger partial charge in [-0.05, 0) is 30.2 Å². The minimum absolute atomic E-state index is 0.0833. The van der Waals surface area contributed by atoms with Crippen molar-refractivity contribution in [3.63, 3.8) is 0 Å². The Morgan fingerprint density at radius 2 is 1.81 bits per heavy atom. The molecule has 1 heterocycles. The number of imide groups is 1. The number of nitrogens with one attached hydrogen (secondary N) is 1. The second-order valence-corrected chi connectivity index (χ2v) is 7.59. The van der Waals surface area contributed by atoms with E-state index >= 15 is 0 Å². The topological polar surface area (TPSA) is 66.5 Å². The summed E-state index contributed by atoms with van der Waals surface area (Å²) in [6.45, 7) is 2.04. The standard InChI is InChI=1S/C21H22N2O3S/c1-2-15-8-6-7-11-17(15)22-19(24)12-13-27-18-14-20(25)23(21(18)26)16-9-4-3-5-10-16/h3-11,18H,2,12-14H2,1H3,(H,22,24)/t18-/m0/s1. The van der Waals surface area contributed by atoms with Crippen LogP contribution in [0.5, 0.6) is 0 Å². The van der Waals surface area contributed by atoms with Crippen molar-refractivity contribution in [2.75, 3.05) is 16.0 Å². The Balaban J connectivity index is 1.51. The number of aryl methyl sites for hydroxylation is 1. The Bertz CT molecular complexity index is 838. The smallest absolute Gasteiger partial charge is 0.247 e. The van der Waals surface area contributed by atoms with Gasteiger partial charge in [-0.2, -0.15) is 0 Å². The van der Waals surface area contributed by atoms with Crippen molar-refractivity contribution in [2.24, 2.45) is 0 Å². The molecule has 140 valence electrons. The number of hydrogen-bond acceptors (Lipinski definition) is 4. The van der Waals surface area contributed by atoms with Gasteiger partial charge in [0.25, 0.3) is 0 Å². The van der Waals surface area contributed by atoms with E-state index in [0.29, 0.717) is 17.9 Å². The van der Waals surface area contributed by atoms with Gasteiger partial charge in [-0.15, -0.1) is 11.8 Å². The summed E-state index contributed by atoms with van der Waals surface area (Å²) in [4.78, 5) is 38.2. The summed E-state index contributed by atoms with van der Waals surface area (Å²) >= 11 is 1.37. The molecule has 2 aromatic rings. The van der Waals surface area contributed by atoms with Crippen molar-refractivity contribution in [3.05, 3.63) is 60.2 Å². The monoisotopic (exact) mass is 382 g/mol. The van der Waals surface area contributed by atoms with E-state index in [-0.39, 0.29) is 24.1 Å². The van der Waals surface area contributed by atoms with Crippen LogP contribution in [-0.4, -0.2) is 28.7 Å². The molecule has 0 spiro atoms. The summed E-state index contributed by atoms with van der Waals surface area (Å²) in [6, 6.07) is 16.7. The Morgan fingerprint density at radius 1 is 1.11 bits per heavy atom. The van der Waals surface area contributed by atoms with Crippen molar-refractivity contribution in [1.82, 2.24) is 0 Å². The van der Waals surface area contributed by atoms with E-state index in [2.05, 4.69) is 5.32 Å². The summed E-state index contributed by atoms with van der Waals surface area (Å²) in [5.74, 6) is 0.0185. The van der Waals surface area contributed by atoms with E-state index in [9.17, 15) is 14.4 Å². The zero-order valence-electron chi connectivity index (χ0n) is 15.2. The molecule has 0 unspecified atom stereocenters. The van der Waals surface area contributed by atoms with Crippen LogP contribution in [0.2, 0.25) is 0 Å². The van der Waals surface area contributed by atoms with Crippen molar-refractivity contribution < 1.29 is 14.4 Å². The molecule has 0 bridgehead atoms. The number of para-hydroxylation sites is 2. The second-order valence-electron chi connectivity index (χ2n) is 6.28. The van der Waals surface area contributed by atoms with Crippen LogP contribution in [0.4, 0.5) is 11.4 Å². The first-order chi connectivity index (χ1) is 13.1. The average Bonchev–Trinajstić information content (AvgIpc) is 2.96. The molecule has 6 heteroatoms. The fourth-order valence-corrected chi connectivity index (χ4v) is 4.14. The molecule has 1 aliphatic rings. The van der Waals surface area contributed by atoms with Gasteiger partial charge in [-0.3, -0.25) is 14.4 Å². The molecule has 5 nitrogen and oxygen atoms in total. The molecule has 0 aliphatic carbocycles. The molecule has 1 aliphatic heterocycles. The van der Waals surface area contributed by atoms with Gasteiger partial charge >= 0.3 is 0 Å². The number of nitrogens with zero attached hydrogens (tertiary/aromatic N) is 1. The number of anilines is 2. The fraction of sp³-hybridized carbons (Fsp3) is 0.286. The second kappa shape index (κ2) is 8.86. The number of thioether (sulfide) groups is 1. The molecule has 0 radical (unpaired) electrons. The molecule has 1 atom stereocenters. The summed E-state index contributed by atoms with van der Waals surface area (Å²) in [7, 11) is 0. The minimum Gasteiger partial charge on any atom is -0.326 e. The van der Waals surface area contributed by atoms with Crippen molar-refractivity contribution in [1.29, 1.82) is 0 Å². The Hall–Kier alpha value is -2.60. The van der Waals surface area contributed by atoms with Crippen LogP contribution in [0, 0.1) is 0 Å². The maximum absolute atomic E-state index is 12.6. The molecular weight excluding hydrogens is 360 g/mol. The maximum atomic E-state index is 12.6.